The molecule has 7 nitrogen and oxygen atoms in total. The van der Waals surface area contributed by atoms with Gasteiger partial charge in [-0.15, -0.1) is 0 Å². The van der Waals surface area contributed by atoms with Crippen LogP contribution in [0.3, 0.4) is 0 Å². The molecule has 7 heteroatoms. The number of hydrogen-bond acceptors (Lipinski definition) is 6. The molecule has 0 aromatic carbocycles. The molecule has 1 aliphatic heterocycles. The van der Waals surface area contributed by atoms with Crippen molar-refractivity contribution in [3.8, 4) is 11.6 Å². The Morgan fingerprint density at radius 3 is 3.09 bits per heavy atom. The number of furan rings is 1. The van der Waals surface area contributed by atoms with Crippen molar-refractivity contribution in [2.45, 2.75) is 26.4 Å². The van der Waals surface area contributed by atoms with Crippen molar-refractivity contribution in [1.82, 2.24) is 20.0 Å². The van der Waals surface area contributed by atoms with Crippen molar-refractivity contribution in [3.63, 3.8) is 0 Å². The van der Waals surface area contributed by atoms with E-state index in [1.807, 2.05) is 13.0 Å². The van der Waals surface area contributed by atoms with Gasteiger partial charge in [-0.1, -0.05) is 5.16 Å². The molecule has 23 heavy (non-hydrogen) atoms. The first-order chi connectivity index (χ1) is 11.2. The molecule has 0 atom stereocenters. The SMILES string of the molecule is Cc1cc(CN2CCc3c(nc(-c4ccco4)[nH]c3=O)C2)no1. The highest BCUT2D eigenvalue weighted by Crippen LogP contribution is 2.20. The maximum Gasteiger partial charge on any atom is 0.254 e. The molecule has 0 radical (unpaired) electrons. The quantitative estimate of drug-likeness (QED) is 0.794. The largest absolute Gasteiger partial charge is 0.461 e. The molecule has 0 fully saturated rings. The second kappa shape index (κ2) is 5.51. The van der Waals surface area contributed by atoms with Crippen LogP contribution in [0.4, 0.5) is 0 Å². The molecule has 0 saturated heterocycles. The Morgan fingerprint density at radius 2 is 2.35 bits per heavy atom. The van der Waals surface area contributed by atoms with Crippen LogP contribution in [0.5, 0.6) is 0 Å². The van der Waals surface area contributed by atoms with Crippen molar-refractivity contribution in [2.24, 2.45) is 0 Å². The summed E-state index contributed by atoms with van der Waals surface area (Å²) in [5.74, 6) is 1.83. The van der Waals surface area contributed by atoms with Gasteiger partial charge < -0.3 is 13.9 Å². The molecule has 4 heterocycles. The van der Waals surface area contributed by atoms with Gasteiger partial charge in [-0.05, 0) is 25.5 Å². The van der Waals surface area contributed by atoms with Crippen LogP contribution in [0.15, 0.2) is 38.2 Å². The molecule has 0 bridgehead atoms. The van der Waals surface area contributed by atoms with E-state index in [1.165, 1.54) is 0 Å². The Balaban J connectivity index is 1.61. The molecule has 0 spiro atoms. The zero-order chi connectivity index (χ0) is 15.8. The van der Waals surface area contributed by atoms with E-state index in [2.05, 4.69) is 20.0 Å². The number of nitrogens with one attached hydrogen (secondary N) is 1. The minimum absolute atomic E-state index is 0.0849. The summed E-state index contributed by atoms with van der Waals surface area (Å²) < 4.78 is 10.4. The van der Waals surface area contributed by atoms with E-state index in [1.54, 1.807) is 18.4 Å². The van der Waals surface area contributed by atoms with Crippen LogP contribution in [0.25, 0.3) is 11.6 Å². The van der Waals surface area contributed by atoms with E-state index in [4.69, 9.17) is 8.94 Å². The molecule has 0 aliphatic carbocycles. The van der Waals surface area contributed by atoms with Gasteiger partial charge in [0.05, 0.1) is 17.7 Å². The zero-order valence-corrected chi connectivity index (χ0v) is 12.7. The summed E-state index contributed by atoms with van der Waals surface area (Å²) in [5, 5.41) is 4.02. The molecule has 118 valence electrons. The predicted octanol–water partition coefficient (Wildman–Crippen LogP) is 1.88. The molecule has 0 unspecified atom stereocenters. The van der Waals surface area contributed by atoms with Crippen LogP contribution in [0.1, 0.15) is 22.7 Å². The van der Waals surface area contributed by atoms with E-state index < -0.39 is 0 Å². The average molecular weight is 312 g/mol. The molecule has 4 rings (SSSR count). The van der Waals surface area contributed by atoms with Crippen molar-refractivity contribution in [3.05, 3.63) is 57.5 Å². The molecule has 3 aromatic rings. The highest BCUT2D eigenvalue weighted by Gasteiger charge is 2.22. The summed E-state index contributed by atoms with van der Waals surface area (Å²) in [6.07, 6.45) is 2.24. The second-order valence-corrected chi connectivity index (χ2v) is 5.71. The summed E-state index contributed by atoms with van der Waals surface area (Å²) >= 11 is 0. The van der Waals surface area contributed by atoms with Crippen LogP contribution in [0, 0.1) is 6.92 Å². The Morgan fingerprint density at radius 1 is 1.43 bits per heavy atom. The number of nitrogens with zero attached hydrogens (tertiary/aromatic N) is 3. The normalized spacial score (nSPS) is 14.8. The predicted molar refractivity (Wildman–Crippen MR) is 81.6 cm³/mol. The van der Waals surface area contributed by atoms with E-state index >= 15 is 0 Å². The molecular weight excluding hydrogens is 296 g/mol. The number of aryl methyl sites for hydroxylation is 1. The van der Waals surface area contributed by atoms with Gasteiger partial charge in [-0.3, -0.25) is 9.69 Å². The number of aromatic amines is 1. The summed E-state index contributed by atoms with van der Waals surface area (Å²) in [4.78, 5) is 21.8. The van der Waals surface area contributed by atoms with Crippen molar-refractivity contribution < 1.29 is 8.94 Å². The molecule has 1 N–H and O–H groups in total. The standard InChI is InChI=1S/C16H16N4O3/c1-10-7-11(19-23-10)8-20-5-4-12-13(9-20)17-15(18-16(12)21)14-3-2-6-22-14/h2-3,6-7H,4-5,8-9H2,1H3,(H,17,18,21). The first-order valence-electron chi connectivity index (χ1n) is 7.49. The Kier molecular flexibility index (Phi) is 3.34. The molecule has 0 saturated carbocycles. The van der Waals surface area contributed by atoms with E-state index in [0.29, 0.717) is 31.1 Å². The van der Waals surface area contributed by atoms with Gasteiger partial charge in [0, 0.05) is 31.3 Å². The Labute approximate surface area is 131 Å². The first-order valence-corrected chi connectivity index (χ1v) is 7.49. The van der Waals surface area contributed by atoms with Crippen LogP contribution >= 0.6 is 0 Å². The van der Waals surface area contributed by atoms with Crippen molar-refractivity contribution in [1.29, 1.82) is 0 Å². The van der Waals surface area contributed by atoms with Crippen molar-refractivity contribution >= 4 is 0 Å². The third-order valence-corrected chi connectivity index (χ3v) is 3.97. The minimum atomic E-state index is -0.0849. The Hall–Kier alpha value is -2.67. The minimum Gasteiger partial charge on any atom is -0.461 e. The summed E-state index contributed by atoms with van der Waals surface area (Å²) in [7, 11) is 0. The highest BCUT2D eigenvalue weighted by molar-refractivity contribution is 5.46. The topological polar surface area (TPSA) is 88.2 Å². The van der Waals surface area contributed by atoms with Crippen LogP contribution in [-0.2, 0) is 19.5 Å². The first kappa shape index (κ1) is 14.0. The smallest absolute Gasteiger partial charge is 0.254 e. The molecule has 0 amide bonds. The number of fused-ring (bicyclic) bond motifs is 1. The monoisotopic (exact) mass is 312 g/mol. The van der Waals surface area contributed by atoms with Gasteiger partial charge in [0.15, 0.2) is 11.6 Å². The lowest BCUT2D eigenvalue weighted by molar-refractivity contribution is 0.232. The summed E-state index contributed by atoms with van der Waals surface area (Å²) in [6.45, 7) is 3.96. The number of hydrogen-bond donors (Lipinski definition) is 1. The lowest BCUT2D eigenvalue weighted by atomic mass is 10.1. The van der Waals surface area contributed by atoms with E-state index in [9.17, 15) is 4.79 Å². The summed E-state index contributed by atoms with van der Waals surface area (Å²) in [6, 6.07) is 5.48. The lowest BCUT2D eigenvalue weighted by Gasteiger charge is -2.26. The third-order valence-electron chi connectivity index (χ3n) is 3.97. The molecular formula is C16H16N4O3. The lowest BCUT2D eigenvalue weighted by Crippen LogP contribution is -2.35. The third kappa shape index (κ3) is 2.70. The van der Waals surface area contributed by atoms with Gasteiger partial charge in [0.2, 0.25) is 0 Å². The molecule has 1 aliphatic rings. The van der Waals surface area contributed by atoms with E-state index in [-0.39, 0.29) is 5.56 Å². The van der Waals surface area contributed by atoms with Gasteiger partial charge in [-0.25, -0.2) is 4.98 Å². The maximum atomic E-state index is 12.3. The van der Waals surface area contributed by atoms with Gasteiger partial charge in [0.25, 0.3) is 5.56 Å². The second-order valence-electron chi connectivity index (χ2n) is 5.71. The maximum absolute atomic E-state index is 12.3. The zero-order valence-electron chi connectivity index (χ0n) is 12.7. The van der Waals surface area contributed by atoms with Gasteiger partial charge in [0.1, 0.15) is 5.76 Å². The highest BCUT2D eigenvalue weighted by atomic mass is 16.5. The fourth-order valence-electron chi connectivity index (χ4n) is 2.88. The fraction of sp³-hybridized carbons (Fsp3) is 0.312. The number of rotatable bonds is 3. The van der Waals surface area contributed by atoms with E-state index in [0.717, 1.165) is 29.3 Å². The van der Waals surface area contributed by atoms with Crippen LogP contribution in [0.2, 0.25) is 0 Å². The molecule has 3 aromatic heterocycles. The number of H-pyrrole nitrogens is 1. The average Bonchev–Trinajstić information content (AvgIpc) is 3.19. The van der Waals surface area contributed by atoms with Crippen LogP contribution in [-0.4, -0.2) is 26.6 Å². The van der Waals surface area contributed by atoms with Gasteiger partial charge in [-0.2, -0.15) is 0 Å². The van der Waals surface area contributed by atoms with Crippen molar-refractivity contribution in [2.75, 3.05) is 6.54 Å². The fourth-order valence-corrected chi connectivity index (χ4v) is 2.88. The summed E-state index contributed by atoms with van der Waals surface area (Å²) in [5.41, 5.74) is 2.36. The Bertz CT molecular complexity index is 879. The number of aromatic nitrogens is 3. The van der Waals surface area contributed by atoms with Crippen LogP contribution < -0.4 is 5.56 Å². The van der Waals surface area contributed by atoms with Gasteiger partial charge >= 0.3 is 0 Å².